The molecule has 1 amide bonds. The van der Waals surface area contributed by atoms with Gasteiger partial charge in [0.2, 0.25) is 5.91 Å². The van der Waals surface area contributed by atoms with Gasteiger partial charge in [-0.25, -0.2) is 0 Å². The Bertz CT molecular complexity index is 998. The first-order chi connectivity index (χ1) is 14.2. The van der Waals surface area contributed by atoms with Gasteiger partial charge >= 0.3 is 0 Å². The minimum atomic E-state index is 0.0364. The number of aromatic nitrogens is 3. The Balaban J connectivity index is 1.25. The SMILES string of the molecule is CN=C(NCCCc1nnc2ccccn12)NC1CC(=O)N(c2ccccc2)C1. The third kappa shape index (κ3) is 4.37. The highest BCUT2D eigenvalue weighted by Crippen LogP contribution is 2.20. The first-order valence-corrected chi connectivity index (χ1v) is 9.86. The van der Waals surface area contributed by atoms with Gasteiger partial charge < -0.3 is 15.5 Å². The fourth-order valence-corrected chi connectivity index (χ4v) is 3.56. The van der Waals surface area contributed by atoms with Gasteiger partial charge in [0.15, 0.2) is 11.6 Å². The summed E-state index contributed by atoms with van der Waals surface area (Å²) >= 11 is 0. The van der Waals surface area contributed by atoms with Crippen molar-refractivity contribution in [3.8, 4) is 0 Å². The molecule has 1 aliphatic rings. The lowest BCUT2D eigenvalue weighted by Crippen LogP contribution is -2.44. The summed E-state index contributed by atoms with van der Waals surface area (Å²) in [5, 5.41) is 15.1. The smallest absolute Gasteiger partial charge is 0.229 e. The largest absolute Gasteiger partial charge is 0.356 e. The van der Waals surface area contributed by atoms with Crippen molar-refractivity contribution in [1.29, 1.82) is 0 Å². The van der Waals surface area contributed by atoms with Crippen molar-refractivity contribution in [1.82, 2.24) is 25.2 Å². The van der Waals surface area contributed by atoms with E-state index in [4.69, 9.17) is 0 Å². The molecule has 8 nitrogen and oxygen atoms in total. The Morgan fingerprint density at radius 3 is 2.83 bits per heavy atom. The summed E-state index contributed by atoms with van der Waals surface area (Å²) in [6.07, 6.45) is 4.16. The normalized spacial score (nSPS) is 17.1. The van der Waals surface area contributed by atoms with Crippen LogP contribution in [0.5, 0.6) is 0 Å². The van der Waals surface area contributed by atoms with Crippen molar-refractivity contribution >= 4 is 23.2 Å². The molecular weight excluding hydrogens is 366 g/mol. The van der Waals surface area contributed by atoms with Crippen molar-refractivity contribution < 1.29 is 4.79 Å². The Hall–Kier alpha value is -3.42. The molecule has 0 bridgehead atoms. The number of guanidine groups is 1. The number of carbonyl (C=O) groups is 1. The lowest BCUT2D eigenvalue weighted by Gasteiger charge is -2.19. The number of fused-ring (bicyclic) bond motifs is 1. The average Bonchev–Trinajstić information content (AvgIpc) is 3.34. The van der Waals surface area contributed by atoms with Gasteiger partial charge in [-0.3, -0.25) is 14.2 Å². The van der Waals surface area contributed by atoms with Crippen LogP contribution < -0.4 is 15.5 Å². The maximum atomic E-state index is 12.4. The van der Waals surface area contributed by atoms with Gasteiger partial charge in [0.05, 0.1) is 6.04 Å². The van der Waals surface area contributed by atoms with E-state index in [9.17, 15) is 4.79 Å². The number of benzene rings is 1. The van der Waals surface area contributed by atoms with E-state index < -0.39 is 0 Å². The minimum absolute atomic E-state index is 0.0364. The topological polar surface area (TPSA) is 86.9 Å². The van der Waals surface area contributed by atoms with Gasteiger partial charge in [-0.05, 0) is 30.7 Å². The number of anilines is 1. The molecule has 0 spiro atoms. The summed E-state index contributed by atoms with van der Waals surface area (Å²) in [5.74, 6) is 1.79. The van der Waals surface area contributed by atoms with Crippen LogP contribution in [0.1, 0.15) is 18.7 Å². The van der Waals surface area contributed by atoms with Crippen LogP contribution in [0.15, 0.2) is 59.7 Å². The number of nitrogens with zero attached hydrogens (tertiary/aromatic N) is 5. The van der Waals surface area contributed by atoms with Gasteiger partial charge in [0.25, 0.3) is 0 Å². The number of para-hydroxylation sites is 1. The second-order valence-electron chi connectivity index (χ2n) is 7.03. The summed E-state index contributed by atoms with van der Waals surface area (Å²) in [6, 6.07) is 15.7. The molecule has 29 heavy (non-hydrogen) atoms. The number of aryl methyl sites for hydroxylation is 1. The highest BCUT2D eigenvalue weighted by molar-refractivity contribution is 5.97. The third-order valence-corrected chi connectivity index (χ3v) is 5.01. The zero-order valence-electron chi connectivity index (χ0n) is 16.5. The van der Waals surface area contributed by atoms with E-state index in [1.165, 1.54) is 0 Å². The van der Waals surface area contributed by atoms with Gasteiger partial charge in [-0.1, -0.05) is 24.3 Å². The Morgan fingerprint density at radius 1 is 1.17 bits per heavy atom. The molecule has 1 aromatic carbocycles. The van der Waals surface area contributed by atoms with Crippen molar-refractivity contribution in [2.45, 2.75) is 25.3 Å². The molecule has 1 atom stereocenters. The number of rotatable bonds is 6. The van der Waals surface area contributed by atoms with Gasteiger partial charge in [0, 0.05) is 44.9 Å². The summed E-state index contributed by atoms with van der Waals surface area (Å²) in [5.41, 5.74) is 1.80. The van der Waals surface area contributed by atoms with Crippen LogP contribution in [0.2, 0.25) is 0 Å². The number of pyridine rings is 1. The molecule has 0 radical (unpaired) electrons. The van der Waals surface area contributed by atoms with Gasteiger partial charge in [-0.15, -0.1) is 10.2 Å². The van der Waals surface area contributed by atoms with E-state index in [1.54, 1.807) is 7.05 Å². The van der Waals surface area contributed by atoms with E-state index in [2.05, 4.69) is 25.8 Å². The summed E-state index contributed by atoms with van der Waals surface area (Å²) in [7, 11) is 1.74. The zero-order valence-corrected chi connectivity index (χ0v) is 16.5. The van der Waals surface area contributed by atoms with Gasteiger partial charge in [-0.2, -0.15) is 0 Å². The first-order valence-electron chi connectivity index (χ1n) is 9.86. The summed E-state index contributed by atoms with van der Waals surface area (Å²) < 4.78 is 2.01. The molecule has 0 saturated carbocycles. The van der Waals surface area contributed by atoms with Crippen LogP contribution in [0, 0.1) is 0 Å². The molecule has 1 unspecified atom stereocenters. The number of nitrogens with one attached hydrogen (secondary N) is 2. The molecule has 1 aliphatic heterocycles. The second-order valence-corrected chi connectivity index (χ2v) is 7.03. The number of carbonyl (C=O) groups excluding carboxylic acids is 1. The van der Waals surface area contributed by atoms with E-state index in [-0.39, 0.29) is 11.9 Å². The standard InChI is InChI=1S/C21H25N7O/c1-22-21(23-12-7-11-19-26-25-18-10-5-6-13-27(18)19)24-16-14-20(29)28(15-16)17-8-3-2-4-9-17/h2-6,8-10,13,16H,7,11-12,14-15H2,1H3,(H2,22,23,24). The monoisotopic (exact) mass is 391 g/mol. The van der Waals surface area contributed by atoms with E-state index in [0.29, 0.717) is 18.9 Å². The quantitative estimate of drug-likeness (QED) is 0.379. The first kappa shape index (κ1) is 18.9. The van der Waals surface area contributed by atoms with Crippen LogP contribution in [-0.2, 0) is 11.2 Å². The Morgan fingerprint density at radius 2 is 2.00 bits per heavy atom. The number of hydrogen-bond acceptors (Lipinski definition) is 4. The van der Waals surface area contributed by atoms with Gasteiger partial charge in [0.1, 0.15) is 5.82 Å². The molecule has 150 valence electrons. The third-order valence-electron chi connectivity index (χ3n) is 5.01. The maximum Gasteiger partial charge on any atom is 0.229 e. The predicted molar refractivity (Wildman–Crippen MR) is 113 cm³/mol. The van der Waals surface area contributed by atoms with Crippen molar-refractivity contribution in [2.24, 2.45) is 4.99 Å². The molecule has 8 heteroatoms. The zero-order chi connectivity index (χ0) is 20.1. The highest BCUT2D eigenvalue weighted by Gasteiger charge is 2.30. The molecule has 1 saturated heterocycles. The molecule has 2 N–H and O–H groups in total. The summed E-state index contributed by atoms with van der Waals surface area (Å²) in [4.78, 5) is 18.5. The van der Waals surface area contributed by atoms with Crippen LogP contribution in [0.25, 0.3) is 5.65 Å². The molecule has 3 aromatic rings. The highest BCUT2D eigenvalue weighted by atomic mass is 16.2. The fraction of sp³-hybridized carbons (Fsp3) is 0.333. The van der Waals surface area contributed by atoms with E-state index in [0.717, 1.165) is 36.5 Å². The maximum absolute atomic E-state index is 12.4. The minimum Gasteiger partial charge on any atom is -0.356 e. The van der Waals surface area contributed by atoms with Crippen LogP contribution in [0.4, 0.5) is 5.69 Å². The number of amides is 1. The molecule has 2 aromatic heterocycles. The number of hydrogen-bond donors (Lipinski definition) is 2. The predicted octanol–water partition coefficient (Wildman–Crippen LogP) is 1.63. The van der Waals surface area contributed by atoms with Crippen LogP contribution >= 0.6 is 0 Å². The Labute approximate surface area is 169 Å². The lowest BCUT2D eigenvalue weighted by atomic mass is 10.2. The van der Waals surface area contributed by atoms with E-state index >= 15 is 0 Å². The summed E-state index contributed by atoms with van der Waals surface area (Å²) in [6.45, 7) is 1.39. The Kier molecular flexibility index (Phi) is 5.69. The van der Waals surface area contributed by atoms with Crippen molar-refractivity contribution in [2.75, 3.05) is 25.0 Å². The van der Waals surface area contributed by atoms with Crippen LogP contribution in [0.3, 0.4) is 0 Å². The second kappa shape index (κ2) is 8.72. The van der Waals surface area contributed by atoms with E-state index in [1.807, 2.05) is 64.0 Å². The lowest BCUT2D eigenvalue weighted by molar-refractivity contribution is -0.117. The van der Waals surface area contributed by atoms with Crippen molar-refractivity contribution in [3.05, 3.63) is 60.6 Å². The molecule has 1 fully saturated rings. The van der Waals surface area contributed by atoms with Crippen molar-refractivity contribution in [3.63, 3.8) is 0 Å². The molecule has 3 heterocycles. The molecule has 4 rings (SSSR count). The molecule has 0 aliphatic carbocycles. The van der Waals surface area contributed by atoms with Crippen LogP contribution in [-0.4, -0.2) is 52.6 Å². The fourth-order valence-electron chi connectivity index (χ4n) is 3.56. The number of aliphatic imine (C=N–C) groups is 1. The average molecular weight is 391 g/mol. The molecular formula is C21H25N7O.